The van der Waals surface area contributed by atoms with Gasteiger partial charge in [-0.05, 0) is 12.8 Å². The van der Waals surface area contributed by atoms with E-state index >= 15 is 0 Å². The predicted octanol–water partition coefficient (Wildman–Crippen LogP) is 1.94. The number of hydrogen-bond donors (Lipinski definition) is 1. The first-order chi connectivity index (χ1) is 5.86. The molecule has 1 fully saturated rings. The normalized spacial score (nSPS) is 30.5. The van der Waals surface area contributed by atoms with Crippen molar-refractivity contribution in [2.45, 2.75) is 51.7 Å². The van der Waals surface area contributed by atoms with E-state index in [0.717, 1.165) is 13.1 Å². The van der Waals surface area contributed by atoms with E-state index in [9.17, 15) is 0 Å². The van der Waals surface area contributed by atoms with Crippen molar-refractivity contribution >= 4 is 0 Å². The van der Waals surface area contributed by atoms with E-state index in [2.05, 4.69) is 19.2 Å². The Morgan fingerprint density at radius 1 is 1.08 bits per heavy atom. The maximum Gasteiger partial charge on any atom is 0.0703 e. The average Bonchev–Trinajstić information content (AvgIpc) is 2.06. The van der Waals surface area contributed by atoms with Crippen LogP contribution in [0.5, 0.6) is 0 Å². The fourth-order valence-electron chi connectivity index (χ4n) is 1.76. The van der Waals surface area contributed by atoms with E-state index in [4.69, 9.17) is 4.74 Å². The Bertz CT molecular complexity index is 100. The van der Waals surface area contributed by atoms with Gasteiger partial charge in [0.25, 0.3) is 0 Å². The van der Waals surface area contributed by atoms with Crippen molar-refractivity contribution in [3.63, 3.8) is 0 Å². The molecule has 1 N–H and O–H groups in total. The lowest BCUT2D eigenvalue weighted by Gasteiger charge is -2.30. The molecule has 0 amide bonds. The maximum absolute atomic E-state index is 5.90. The van der Waals surface area contributed by atoms with E-state index in [1.807, 2.05) is 0 Å². The summed E-state index contributed by atoms with van der Waals surface area (Å²) in [4.78, 5) is 0. The average molecular weight is 171 g/mol. The van der Waals surface area contributed by atoms with Crippen LogP contribution in [0.15, 0.2) is 0 Å². The molecule has 2 nitrogen and oxygen atoms in total. The van der Waals surface area contributed by atoms with E-state index in [1.165, 1.54) is 25.7 Å². The zero-order valence-corrected chi connectivity index (χ0v) is 8.31. The van der Waals surface area contributed by atoms with Crippen LogP contribution in [0.3, 0.4) is 0 Å². The minimum absolute atomic E-state index is 0.472. The first-order valence-corrected chi connectivity index (χ1v) is 5.23. The Labute approximate surface area is 75.7 Å². The lowest BCUT2D eigenvalue weighted by atomic mass is 10.1. The largest absolute Gasteiger partial charge is 0.372 e. The maximum atomic E-state index is 5.90. The van der Waals surface area contributed by atoms with Crippen molar-refractivity contribution in [2.75, 3.05) is 13.1 Å². The molecular formula is C10H21NO. The highest BCUT2D eigenvalue weighted by Crippen LogP contribution is 2.12. The lowest BCUT2D eigenvalue weighted by molar-refractivity contribution is -0.0442. The number of nitrogens with one attached hydrogen (secondary N) is 1. The molecule has 1 rings (SSSR count). The third-order valence-corrected chi connectivity index (χ3v) is 2.35. The van der Waals surface area contributed by atoms with E-state index in [0.29, 0.717) is 12.2 Å². The summed E-state index contributed by atoms with van der Waals surface area (Å²) in [6.07, 6.45) is 5.80. The molecule has 0 radical (unpaired) electrons. The van der Waals surface area contributed by atoms with Crippen molar-refractivity contribution in [1.29, 1.82) is 0 Å². The first-order valence-electron chi connectivity index (χ1n) is 5.23. The predicted molar refractivity (Wildman–Crippen MR) is 51.3 cm³/mol. The fraction of sp³-hybridized carbons (Fsp3) is 1.00. The number of hydrogen-bond acceptors (Lipinski definition) is 2. The van der Waals surface area contributed by atoms with Crippen molar-refractivity contribution in [3.8, 4) is 0 Å². The number of ether oxygens (including phenoxy) is 1. The van der Waals surface area contributed by atoms with Crippen LogP contribution in [0, 0.1) is 0 Å². The van der Waals surface area contributed by atoms with Gasteiger partial charge in [-0.25, -0.2) is 0 Å². The third kappa shape index (κ3) is 3.11. The molecule has 2 heteroatoms. The molecule has 72 valence electrons. The van der Waals surface area contributed by atoms with Crippen LogP contribution < -0.4 is 5.32 Å². The first kappa shape index (κ1) is 10.0. The smallest absolute Gasteiger partial charge is 0.0703 e. The Morgan fingerprint density at radius 2 is 1.58 bits per heavy atom. The quantitative estimate of drug-likeness (QED) is 0.698. The molecule has 12 heavy (non-hydrogen) atoms. The van der Waals surface area contributed by atoms with Crippen LogP contribution in [-0.2, 0) is 4.74 Å². The molecule has 0 saturated carbocycles. The van der Waals surface area contributed by atoms with Gasteiger partial charge in [-0.2, -0.15) is 0 Å². The van der Waals surface area contributed by atoms with Crippen LogP contribution in [0.2, 0.25) is 0 Å². The molecule has 0 aromatic heterocycles. The highest BCUT2D eigenvalue weighted by atomic mass is 16.5. The van der Waals surface area contributed by atoms with Crippen molar-refractivity contribution in [1.82, 2.24) is 5.32 Å². The highest BCUT2D eigenvalue weighted by molar-refractivity contribution is 4.73. The summed E-state index contributed by atoms with van der Waals surface area (Å²) in [7, 11) is 0. The summed E-state index contributed by atoms with van der Waals surface area (Å²) in [5.74, 6) is 0. The van der Waals surface area contributed by atoms with Crippen molar-refractivity contribution in [2.24, 2.45) is 0 Å². The van der Waals surface area contributed by atoms with Gasteiger partial charge in [0.2, 0.25) is 0 Å². The van der Waals surface area contributed by atoms with E-state index in [-0.39, 0.29) is 0 Å². The molecule has 0 aromatic rings. The van der Waals surface area contributed by atoms with Crippen LogP contribution >= 0.6 is 0 Å². The van der Waals surface area contributed by atoms with Crippen LogP contribution in [-0.4, -0.2) is 25.3 Å². The number of morpholine rings is 1. The summed E-state index contributed by atoms with van der Waals surface area (Å²) in [6, 6.07) is 0. The molecule has 0 bridgehead atoms. The molecule has 0 aliphatic carbocycles. The summed E-state index contributed by atoms with van der Waals surface area (Å²) >= 11 is 0. The third-order valence-electron chi connectivity index (χ3n) is 2.35. The summed E-state index contributed by atoms with van der Waals surface area (Å²) in [6.45, 7) is 6.53. The van der Waals surface area contributed by atoms with E-state index in [1.54, 1.807) is 0 Å². The molecule has 1 aliphatic rings. The standard InChI is InChI=1S/C10H21NO/c1-3-5-9-7-11-8-10(12-9)6-4-2/h9-11H,3-8H2,1-2H3. The molecule has 1 aliphatic heterocycles. The monoisotopic (exact) mass is 171 g/mol. The zero-order valence-electron chi connectivity index (χ0n) is 8.31. The Kier molecular flexibility index (Phi) is 4.62. The zero-order chi connectivity index (χ0) is 8.81. The van der Waals surface area contributed by atoms with E-state index < -0.39 is 0 Å². The molecule has 0 aromatic carbocycles. The minimum atomic E-state index is 0.472. The minimum Gasteiger partial charge on any atom is -0.372 e. The van der Waals surface area contributed by atoms with Gasteiger partial charge in [0.15, 0.2) is 0 Å². The Balaban J connectivity index is 2.20. The van der Waals surface area contributed by atoms with Crippen molar-refractivity contribution in [3.05, 3.63) is 0 Å². The summed E-state index contributed by atoms with van der Waals surface area (Å²) in [5.41, 5.74) is 0. The van der Waals surface area contributed by atoms with Crippen LogP contribution in [0.4, 0.5) is 0 Å². The second kappa shape index (κ2) is 5.55. The molecule has 0 spiro atoms. The second-order valence-electron chi connectivity index (χ2n) is 3.62. The van der Waals surface area contributed by atoms with Crippen LogP contribution in [0.1, 0.15) is 39.5 Å². The Morgan fingerprint density at radius 3 is 2.00 bits per heavy atom. The van der Waals surface area contributed by atoms with Gasteiger partial charge in [-0.15, -0.1) is 0 Å². The molecule has 1 saturated heterocycles. The van der Waals surface area contributed by atoms with Gasteiger partial charge < -0.3 is 10.1 Å². The lowest BCUT2D eigenvalue weighted by Crippen LogP contribution is -2.44. The van der Waals surface area contributed by atoms with Gasteiger partial charge in [-0.1, -0.05) is 26.7 Å². The van der Waals surface area contributed by atoms with Crippen molar-refractivity contribution < 1.29 is 4.74 Å². The molecule has 2 atom stereocenters. The SMILES string of the molecule is CCCC1CNCC(CCC)O1. The van der Waals surface area contributed by atoms with Gasteiger partial charge in [-0.3, -0.25) is 0 Å². The fourth-order valence-corrected chi connectivity index (χ4v) is 1.76. The van der Waals surface area contributed by atoms with Gasteiger partial charge in [0.1, 0.15) is 0 Å². The highest BCUT2D eigenvalue weighted by Gasteiger charge is 2.19. The molecular weight excluding hydrogens is 150 g/mol. The molecule has 1 heterocycles. The topological polar surface area (TPSA) is 21.3 Å². The summed E-state index contributed by atoms with van der Waals surface area (Å²) < 4.78 is 5.90. The molecule has 2 unspecified atom stereocenters. The van der Waals surface area contributed by atoms with Crippen LogP contribution in [0.25, 0.3) is 0 Å². The van der Waals surface area contributed by atoms with Gasteiger partial charge >= 0.3 is 0 Å². The van der Waals surface area contributed by atoms with Gasteiger partial charge in [0, 0.05) is 13.1 Å². The Hall–Kier alpha value is -0.0800. The second-order valence-corrected chi connectivity index (χ2v) is 3.62. The summed E-state index contributed by atoms with van der Waals surface area (Å²) in [5, 5.41) is 3.43. The number of rotatable bonds is 4. The van der Waals surface area contributed by atoms with Gasteiger partial charge in [0.05, 0.1) is 12.2 Å².